The zero-order valence-electron chi connectivity index (χ0n) is 13.9. The van der Waals surface area contributed by atoms with Gasteiger partial charge in [0.1, 0.15) is 11.9 Å². The lowest BCUT2D eigenvalue weighted by molar-refractivity contribution is -0.136. The number of anilines is 1. The van der Waals surface area contributed by atoms with Crippen LogP contribution in [0.25, 0.3) is 0 Å². The lowest BCUT2D eigenvalue weighted by atomic mass is 9.85. The molecule has 1 atom stereocenters. The first-order valence-electron chi connectivity index (χ1n) is 8.76. The monoisotopic (exact) mass is 359 g/mol. The van der Waals surface area contributed by atoms with Crippen molar-refractivity contribution >= 4 is 29.1 Å². The molecule has 1 unspecified atom stereocenters. The van der Waals surface area contributed by atoms with E-state index in [2.05, 4.69) is 20.5 Å². The second kappa shape index (κ2) is 6.95. The molecule has 4 rings (SSSR count). The molecule has 2 aromatic heterocycles. The van der Waals surface area contributed by atoms with Gasteiger partial charge in [-0.3, -0.25) is 20.0 Å². The van der Waals surface area contributed by atoms with Gasteiger partial charge in [-0.2, -0.15) is 4.98 Å². The second-order valence-corrected chi connectivity index (χ2v) is 7.69. The van der Waals surface area contributed by atoms with Gasteiger partial charge < -0.3 is 4.90 Å². The molecule has 2 aromatic rings. The summed E-state index contributed by atoms with van der Waals surface area (Å²) >= 11 is 1.56. The van der Waals surface area contributed by atoms with Gasteiger partial charge in [-0.05, 0) is 37.1 Å². The third-order valence-electron chi connectivity index (χ3n) is 5.01. The van der Waals surface area contributed by atoms with E-state index in [1.165, 1.54) is 6.42 Å². The molecule has 2 aliphatic rings. The van der Waals surface area contributed by atoms with E-state index in [0.29, 0.717) is 31.3 Å². The van der Waals surface area contributed by atoms with Crippen molar-refractivity contribution in [2.24, 2.45) is 0 Å². The van der Waals surface area contributed by atoms with Crippen molar-refractivity contribution in [2.45, 2.75) is 50.5 Å². The summed E-state index contributed by atoms with van der Waals surface area (Å²) in [5.41, 5.74) is 0. The summed E-state index contributed by atoms with van der Waals surface area (Å²) in [4.78, 5) is 32.2. The molecule has 0 bridgehead atoms. The summed E-state index contributed by atoms with van der Waals surface area (Å²) in [7, 11) is 0. The van der Waals surface area contributed by atoms with Crippen molar-refractivity contribution in [3.05, 3.63) is 28.2 Å². The Kier molecular flexibility index (Phi) is 4.52. The normalized spacial score (nSPS) is 20.5. The molecule has 2 N–H and O–H groups in total. The highest BCUT2D eigenvalue weighted by molar-refractivity contribution is 7.10. The van der Waals surface area contributed by atoms with Gasteiger partial charge in [-0.1, -0.05) is 12.5 Å². The van der Waals surface area contributed by atoms with Gasteiger partial charge in [0.25, 0.3) is 0 Å². The number of likely N-dealkylation sites (tertiary alicyclic amines) is 1. The highest BCUT2D eigenvalue weighted by Gasteiger charge is 2.34. The van der Waals surface area contributed by atoms with Crippen molar-refractivity contribution in [2.75, 3.05) is 11.9 Å². The van der Waals surface area contributed by atoms with Gasteiger partial charge in [0, 0.05) is 17.3 Å². The Morgan fingerprint density at radius 1 is 1.32 bits per heavy atom. The van der Waals surface area contributed by atoms with E-state index in [9.17, 15) is 9.59 Å². The topological polar surface area (TPSA) is 91.0 Å². The van der Waals surface area contributed by atoms with Crippen LogP contribution in [-0.4, -0.2) is 44.5 Å². The molecule has 0 aromatic carbocycles. The number of H-pyrrole nitrogens is 1. The fourth-order valence-corrected chi connectivity index (χ4v) is 4.09. The zero-order valence-corrected chi connectivity index (χ0v) is 14.7. The smallest absolute Gasteiger partial charge is 0.249 e. The van der Waals surface area contributed by atoms with Crippen LogP contribution in [0.1, 0.15) is 48.7 Å². The maximum Gasteiger partial charge on any atom is 0.249 e. The first kappa shape index (κ1) is 16.3. The van der Waals surface area contributed by atoms with Gasteiger partial charge in [-0.25, -0.2) is 0 Å². The average Bonchev–Trinajstić information content (AvgIpc) is 3.25. The van der Waals surface area contributed by atoms with Crippen LogP contribution in [0.15, 0.2) is 17.5 Å². The number of carbonyl (C=O) groups excluding carboxylic acids is 2. The van der Waals surface area contributed by atoms with Crippen LogP contribution >= 0.6 is 11.3 Å². The lowest BCUT2D eigenvalue weighted by Gasteiger charge is -2.23. The molecule has 1 aliphatic heterocycles. The van der Waals surface area contributed by atoms with Crippen LogP contribution in [0.3, 0.4) is 0 Å². The molecule has 25 heavy (non-hydrogen) atoms. The molecule has 0 radical (unpaired) electrons. The van der Waals surface area contributed by atoms with E-state index >= 15 is 0 Å². The third kappa shape index (κ3) is 3.44. The molecule has 7 nitrogen and oxygen atoms in total. The molecule has 8 heteroatoms. The molecule has 0 spiro atoms. The summed E-state index contributed by atoms with van der Waals surface area (Å²) in [6.45, 7) is 0.629. The van der Waals surface area contributed by atoms with Crippen molar-refractivity contribution in [1.29, 1.82) is 0 Å². The number of hydrogen-bond acceptors (Lipinski definition) is 5. The molecule has 1 aliphatic carbocycles. The Hall–Kier alpha value is -2.22. The van der Waals surface area contributed by atoms with Crippen molar-refractivity contribution < 1.29 is 9.59 Å². The highest BCUT2D eigenvalue weighted by atomic mass is 32.1. The minimum atomic E-state index is -0.432. The second-order valence-electron chi connectivity index (χ2n) is 6.66. The molecule has 2 fully saturated rings. The summed E-state index contributed by atoms with van der Waals surface area (Å²) < 4.78 is 0. The van der Waals surface area contributed by atoms with Crippen LogP contribution in [0, 0.1) is 0 Å². The van der Waals surface area contributed by atoms with E-state index in [1.807, 2.05) is 17.5 Å². The van der Waals surface area contributed by atoms with E-state index in [1.54, 1.807) is 16.2 Å². The quantitative estimate of drug-likeness (QED) is 0.857. The zero-order chi connectivity index (χ0) is 17.2. The van der Waals surface area contributed by atoms with E-state index in [0.717, 1.165) is 30.0 Å². The Labute approximate surface area is 149 Å². The molecule has 3 heterocycles. The fourth-order valence-electron chi connectivity index (χ4n) is 3.39. The van der Waals surface area contributed by atoms with Crippen LogP contribution in [0.4, 0.5) is 5.95 Å². The Bertz CT molecular complexity index is 753. The Balaban J connectivity index is 1.38. The first-order valence-corrected chi connectivity index (χ1v) is 9.63. The number of thiophene rings is 1. The lowest BCUT2D eigenvalue weighted by Crippen LogP contribution is -2.43. The number of amides is 2. The summed E-state index contributed by atoms with van der Waals surface area (Å²) in [6.07, 6.45) is 5.34. The number of nitrogens with one attached hydrogen (secondary N) is 2. The highest BCUT2D eigenvalue weighted by Crippen LogP contribution is 2.34. The van der Waals surface area contributed by atoms with E-state index < -0.39 is 6.04 Å². The number of aromatic amines is 1. The number of hydrogen-bond donors (Lipinski definition) is 2. The maximum atomic E-state index is 12.6. The molecule has 2 amide bonds. The maximum absolute atomic E-state index is 12.6. The molecule has 1 saturated heterocycles. The van der Waals surface area contributed by atoms with Crippen LogP contribution < -0.4 is 5.32 Å². The average molecular weight is 359 g/mol. The SMILES string of the molecule is O=C(Nc1n[nH]c(C2CCC2)n1)C1CCCN1C(=O)Cc1cccs1. The van der Waals surface area contributed by atoms with Gasteiger partial charge in [0.05, 0.1) is 6.42 Å². The number of carbonyl (C=O) groups is 2. The van der Waals surface area contributed by atoms with E-state index in [4.69, 9.17) is 0 Å². The molecular weight excluding hydrogens is 338 g/mol. The Morgan fingerprint density at radius 3 is 2.92 bits per heavy atom. The van der Waals surface area contributed by atoms with Gasteiger partial charge in [-0.15, -0.1) is 16.4 Å². The molecule has 1 saturated carbocycles. The van der Waals surface area contributed by atoms with Gasteiger partial charge in [0.2, 0.25) is 17.8 Å². The third-order valence-corrected chi connectivity index (χ3v) is 5.89. The van der Waals surface area contributed by atoms with Crippen molar-refractivity contribution in [3.63, 3.8) is 0 Å². The van der Waals surface area contributed by atoms with Crippen LogP contribution in [0.5, 0.6) is 0 Å². The fraction of sp³-hybridized carbons (Fsp3) is 0.529. The van der Waals surface area contributed by atoms with Crippen LogP contribution in [0.2, 0.25) is 0 Å². The predicted molar refractivity (Wildman–Crippen MR) is 94.4 cm³/mol. The van der Waals surface area contributed by atoms with E-state index in [-0.39, 0.29) is 11.8 Å². The summed E-state index contributed by atoms with van der Waals surface area (Å²) in [5.74, 6) is 1.40. The number of nitrogens with zero attached hydrogens (tertiary/aromatic N) is 3. The van der Waals surface area contributed by atoms with Gasteiger partial charge >= 0.3 is 0 Å². The summed E-state index contributed by atoms with van der Waals surface area (Å²) in [5, 5.41) is 11.7. The standard InChI is InChI=1S/C17H21N5O2S/c23-14(10-12-6-3-9-25-12)22-8-2-7-13(22)16(24)19-17-18-15(20-21-17)11-4-1-5-11/h3,6,9,11,13H,1-2,4-5,7-8,10H2,(H2,18,19,20,21,24). The largest absolute Gasteiger partial charge is 0.330 e. The first-order chi connectivity index (χ1) is 12.2. The minimum Gasteiger partial charge on any atom is -0.330 e. The number of rotatable bonds is 5. The van der Waals surface area contributed by atoms with Crippen LogP contribution in [-0.2, 0) is 16.0 Å². The van der Waals surface area contributed by atoms with Crippen molar-refractivity contribution in [1.82, 2.24) is 20.1 Å². The Morgan fingerprint density at radius 2 is 2.20 bits per heavy atom. The van der Waals surface area contributed by atoms with Gasteiger partial charge in [0.15, 0.2) is 0 Å². The van der Waals surface area contributed by atoms with Crippen molar-refractivity contribution in [3.8, 4) is 0 Å². The predicted octanol–water partition coefficient (Wildman–Crippen LogP) is 2.31. The minimum absolute atomic E-state index is 0.00486. The molecular formula is C17H21N5O2S. The summed E-state index contributed by atoms with van der Waals surface area (Å²) in [6, 6.07) is 3.45. The molecule has 132 valence electrons. The number of aromatic nitrogens is 3.